The van der Waals surface area contributed by atoms with E-state index in [0.29, 0.717) is 4.87 Å². The van der Waals surface area contributed by atoms with Crippen LogP contribution >= 0.6 is 11.8 Å². The molecule has 13 heavy (non-hydrogen) atoms. The smallest absolute Gasteiger partial charge is 0.0646 e. The number of rotatable bonds is 1. The van der Waals surface area contributed by atoms with Crippen molar-refractivity contribution in [3.05, 3.63) is 0 Å². The van der Waals surface area contributed by atoms with E-state index < -0.39 is 0 Å². The summed E-state index contributed by atoms with van der Waals surface area (Å²) in [5, 5.41) is 3.69. The zero-order chi connectivity index (χ0) is 9.31. The van der Waals surface area contributed by atoms with Crippen LogP contribution in [0.1, 0.15) is 39.5 Å². The summed E-state index contributed by atoms with van der Waals surface area (Å²) in [5.41, 5.74) is 0. The maximum atomic E-state index is 3.69. The molecule has 1 nitrogen and oxygen atoms in total. The zero-order valence-corrected chi connectivity index (χ0v) is 9.62. The lowest BCUT2D eigenvalue weighted by Gasteiger charge is -2.38. The van der Waals surface area contributed by atoms with E-state index in [0.717, 1.165) is 11.8 Å². The summed E-state index contributed by atoms with van der Waals surface area (Å²) >= 11 is 2.17. The van der Waals surface area contributed by atoms with Gasteiger partial charge in [0.15, 0.2) is 0 Å². The van der Waals surface area contributed by atoms with Gasteiger partial charge in [-0.15, -0.1) is 11.8 Å². The summed E-state index contributed by atoms with van der Waals surface area (Å²) in [7, 11) is 0. The van der Waals surface area contributed by atoms with E-state index in [1.807, 2.05) is 0 Å². The molecule has 0 aromatic carbocycles. The summed E-state index contributed by atoms with van der Waals surface area (Å²) in [6.07, 6.45) is 5.69. The van der Waals surface area contributed by atoms with Gasteiger partial charge in [-0.2, -0.15) is 0 Å². The molecule has 1 spiro atoms. The molecule has 2 rings (SSSR count). The first kappa shape index (κ1) is 9.85. The van der Waals surface area contributed by atoms with Gasteiger partial charge in [-0.25, -0.2) is 0 Å². The van der Waals surface area contributed by atoms with Crippen LogP contribution in [0.2, 0.25) is 0 Å². The molecule has 0 atom stereocenters. The van der Waals surface area contributed by atoms with Crippen LogP contribution in [0.3, 0.4) is 0 Å². The highest BCUT2D eigenvalue weighted by Crippen LogP contribution is 2.43. The van der Waals surface area contributed by atoms with Crippen molar-refractivity contribution in [1.82, 2.24) is 5.32 Å². The molecule has 2 heteroatoms. The van der Waals surface area contributed by atoms with E-state index in [1.165, 1.54) is 38.0 Å². The van der Waals surface area contributed by atoms with Crippen molar-refractivity contribution in [2.24, 2.45) is 11.8 Å². The van der Waals surface area contributed by atoms with E-state index >= 15 is 0 Å². The van der Waals surface area contributed by atoms with E-state index in [4.69, 9.17) is 0 Å². The standard InChI is InChI=1S/C11H21NS/c1-9(2)10-3-5-11(6-4-10)12-7-8-13-11/h9-10,12H,3-8H2,1-2H3. The lowest BCUT2D eigenvalue weighted by Crippen LogP contribution is -2.41. The highest BCUT2D eigenvalue weighted by Gasteiger charge is 2.38. The normalized spacial score (nSPS) is 40.4. The van der Waals surface area contributed by atoms with E-state index in [9.17, 15) is 0 Å². The second-order valence-corrected chi connectivity index (χ2v) is 6.33. The molecular formula is C11H21NS. The maximum absolute atomic E-state index is 3.69. The molecule has 1 N–H and O–H groups in total. The lowest BCUT2D eigenvalue weighted by molar-refractivity contribution is 0.228. The summed E-state index contributed by atoms with van der Waals surface area (Å²) in [6.45, 7) is 5.98. The highest BCUT2D eigenvalue weighted by atomic mass is 32.2. The number of nitrogens with one attached hydrogen (secondary N) is 1. The van der Waals surface area contributed by atoms with Crippen LogP contribution in [-0.2, 0) is 0 Å². The number of hydrogen-bond acceptors (Lipinski definition) is 2. The largest absolute Gasteiger partial charge is 0.302 e. The molecule has 1 aliphatic heterocycles. The molecule has 1 saturated heterocycles. The first-order valence-corrected chi connectivity index (χ1v) is 6.59. The first-order chi connectivity index (χ1) is 6.22. The average molecular weight is 199 g/mol. The topological polar surface area (TPSA) is 12.0 Å². The van der Waals surface area contributed by atoms with Gasteiger partial charge in [0.2, 0.25) is 0 Å². The Morgan fingerprint density at radius 2 is 2.00 bits per heavy atom. The minimum absolute atomic E-state index is 0.505. The quantitative estimate of drug-likeness (QED) is 0.697. The van der Waals surface area contributed by atoms with Gasteiger partial charge in [-0.3, -0.25) is 0 Å². The first-order valence-electron chi connectivity index (χ1n) is 5.61. The molecule has 0 aromatic heterocycles. The van der Waals surface area contributed by atoms with E-state index in [1.54, 1.807) is 0 Å². The third kappa shape index (κ3) is 2.04. The summed E-state index contributed by atoms with van der Waals surface area (Å²) < 4.78 is 0. The Labute approximate surface area is 86.0 Å². The molecule has 2 aliphatic rings. The van der Waals surface area contributed by atoms with Crippen LogP contribution in [0.25, 0.3) is 0 Å². The average Bonchev–Trinajstić information content (AvgIpc) is 2.54. The Morgan fingerprint density at radius 3 is 2.46 bits per heavy atom. The molecule has 0 radical (unpaired) electrons. The van der Waals surface area contributed by atoms with Crippen LogP contribution in [0.4, 0.5) is 0 Å². The third-order valence-electron chi connectivity index (χ3n) is 3.71. The fraction of sp³-hybridized carbons (Fsp3) is 1.00. The second-order valence-electron chi connectivity index (χ2n) is 4.85. The molecular weight excluding hydrogens is 178 g/mol. The number of hydrogen-bond donors (Lipinski definition) is 1. The van der Waals surface area contributed by atoms with Gasteiger partial charge >= 0.3 is 0 Å². The molecule has 1 heterocycles. The molecule has 0 unspecified atom stereocenters. The van der Waals surface area contributed by atoms with Crippen LogP contribution in [0.5, 0.6) is 0 Å². The minimum Gasteiger partial charge on any atom is -0.302 e. The van der Waals surface area contributed by atoms with Gasteiger partial charge in [-0.1, -0.05) is 13.8 Å². The fourth-order valence-corrected chi connectivity index (χ4v) is 3.99. The van der Waals surface area contributed by atoms with Crippen LogP contribution in [0.15, 0.2) is 0 Å². The number of thioether (sulfide) groups is 1. The van der Waals surface area contributed by atoms with Gasteiger partial charge < -0.3 is 5.32 Å². The minimum atomic E-state index is 0.505. The fourth-order valence-electron chi connectivity index (χ4n) is 2.67. The van der Waals surface area contributed by atoms with Gasteiger partial charge in [0, 0.05) is 12.3 Å². The lowest BCUT2D eigenvalue weighted by atomic mass is 9.79. The summed E-state index contributed by atoms with van der Waals surface area (Å²) in [5.74, 6) is 3.21. The van der Waals surface area contributed by atoms with Crippen molar-refractivity contribution in [1.29, 1.82) is 0 Å². The predicted molar refractivity (Wildman–Crippen MR) is 60.0 cm³/mol. The van der Waals surface area contributed by atoms with Crippen molar-refractivity contribution in [3.8, 4) is 0 Å². The Kier molecular flexibility index (Phi) is 2.89. The van der Waals surface area contributed by atoms with Crippen LogP contribution in [-0.4, -0.2) is 17.2 Å². The Morgan fingerprint density at radius 1 is 1.31 bits per heavy atom. The Hall–Kier alpha value is 0.310. The zero-order valence-electron chi connectivity index (χ0n) is 8.81. The van der Waals surface area contributed by atoms with Gasteiger partial charge in [-0.05, 0) is 37.5 Å². The van der Waals surface area contributed by atoms with Gasteiger partial charge in [0.05, 0.1) is 4.87 Å². The Bertz CT molecular complexity index is 163. The molecule has 76 valence electrons. The van der Waals surface area contributed by atoms with Gasteiger partial charge in [0.25, 0.3) is 0 Å². The monoisotopic (exact) mass is 199 g/mol. The molecule has 2 fully saturated rings. The van der Waals surface area contributed by atoms with Gasteiger partial charge in [0.1, 0.15) is 0 Å². The van der Waals surface area contributed by atoms with E-state index in [-0.39, 0.29) is 0 Å². The summed E-state index contributed by atoms with van der Waals surface area (Å²) in [6, 6.07) is 0. The van der Waals surface area contributed by atoms with Crippen LogP contribution in [0, 0.1) is 11.8 Å². The molecule has 1 aliphatic carbocycles. The third-order valence-corrected chi connectivity index (χ3v) is 5.22. The molecule has 0 amide bonds. The second kappa shape index (κ2) is 3.82. The Balaban J connectivity index is 1.88. The van der Waals surface area contributed by atoms with Crippen molar-refractivity contribution in [3.63, 3.8) is 0 Å². The van der Waals surface area contributed by atoms with Crippen molar-refractivity contribution in [2.75, 3.05) is 12.3 Å². The van der Waals surface area contributed by atoms with E-state index in [2.05, 4.69) is 30.9 Å². The molecule has 0 bridgehead atoms. The highest BCUT2D eigenvalue weighted by molar-refractivity contribution is 8.00. The van der Waals surface area contributed by atoms with Crippen molar-refractivity contribution in [2.45, 2.75) is 44.4 Å². The predicted octanol–water partition coefficient (Wildman–Crippen LogP) is 2.87. The molecule has 0 aromatic rings. The summed E-state index contributed by atoms with van der Waals surface area (Å²) in [4.78, 5) is 0.505. The van der Waals surface area contributed by atoms with Crippen molar-refractivity contribution >= 4 is 11.8 Å². The van der Waals surface area contributed by atoms with Crippen molar-refractivity contribution < 1.29 is 0 Å². The SMILES string of the molecule is CC(C)C1CCC2(CC1)NCCS2. The maximum Gasteiger partial charge on any atom is 0.0646 e. The molecule has 1 saturated carbocycles. The van der Waals surface area contributed by atoms with Crippen LogP contribution < -0.4 is 5.32 Å².